The number of hydrogen-bond donors (Lipinski definition) is 0. The molecule has 10 heteroatoms. The van der Waals surface area contributed by atoms with Crippen LogP contribution < -0.4 is 19.1 Å². The van der Waals surface area contributed by atoms with E-state index in [0.29, 0.717) is 23.3 Å². The molecule has 0 spiro atoms. The third-order valence-electron chi connectivity index (χ3n) is 5.95. The molecule has 0 amide bonds. The van der Waals surface area contributed by atoms with Gasteiger partial charge in [-0.05, 0) is 60.4 Å². The summed E-state index contributed by atoms with van der Waals surface area (Å²) < 4.78 is 61.3. The summed E-state index contributed by atoms with van der Waals surface area (Å²) in [7, 11) is 0. The van der Waals surface area contributed by atoms with Gasteiger partial charge in [-0.25, -0.2) is 4.98 Å². The van der Waals surface area contributed by atoms with Crippen molar-refractivity contribution in [2.45, 2.75) is 32.5 Å². The fraction of sp³-hybridized carbons (Fsp3) is 0.214. The number of aromatic nitrogens is 2. The molecule has 38 heavy (non-hydrogen) atoms. The molecule has 4 rings (SSSR count). The topological polar surface area (TPSA) is 61.5 Å². The van der Waals surface area contributed by atoms with Gasteiger partial charge in [0.15, 0.2) is 23.9 Å². The fourth-order valence-electron chi connectivity index (χ4n) is 4.21. The molecule has 1 atom stereocenters. The largest absolute Gasteiger partial charge is 0.619 e. The third kappa shape index (κ3) is 6.70. The van der Waals surface area contributed by atoms with Gasteiger partial charge in [-0.15, -0.1) is 0 Å². The zero-order valence-corrected chi connectivity index (χ0v) is 20.4. The first-order chi connectivity index (χ1) is 18.3. The molecule has 0 aliphatic heterocycles. The van der Waals surface area contributed by atoms with Crippen molar-refractivity contribution in [1.29, 1.82) is 0 Å². The first-order valence-electron chi connectivity index (χ1n) is 11.8. The molecule has 1 unspecified atom stereocenters. The number of hydrogen-bond acceptors (Lipinski definition) is 5. The lowest BCUT2D eigenvalue weighted by atomic mass is 9.86. The predicted molar refractivity (Wildman–Crippen MR) is 134 cm³/mol. The van der Waals surface area contributed by atoms with Crippen LogP contribution in [-0.2, 0) is 6.42 Å². The number of nitrogens with zero attached hydrogens (tertiary/aromatic N) is 3. The van der Waals surface area contributed by atoms with E-state index >= 15 is 0 Å². The Morgan fingerprint density at radius 3 is 2.11 bits per heavy atom. The Hall–Kier alpha value is -4.34. The van der Waals surface area contributed by atoms with Crippen molar-refractivity contribution in [3.05, 3.63) is 113 Å². The molecule has 0 radical (unpaired) electrons. The van der Waals surface area contributed by atoms with Crippen molar-refractivity contribution in [2.24, 2.45) is 0 Å². The van der Waals surface area contributed by atoms with Gasteiger partial charge in [-0.3, -0.25) is 0 Å². The number of pyridine rings is 2. The molecule has 2 heterocycles. The second-order valence-electron chi connectivity index (χ2n) is 8.32. The minimum Gasteiger partial charge on any atom is -0.619 e. The van der Waals surface area contributed by atoms with Crippen LogP contribution in [0, 0.1) is 5.21 Å². The zero-order valence-electron chi connectivity index (χ0n) is 20.4. The van der Waals surface area contributed by atoms with Crippen LogP contribution in [0.2, 0.25) is 0 Å². The lowest BCUT2D eigenvalue weighted by Gasteiger charge is -2.24. The van der Waals surface area contributed by atoms with E-state index in [9.17, 15) is 22.8 Å². The van der Waals surface area contributed by atoms with Gasteiger partial charge in [0, 0.05) is 36.5 Å². The van der Waals surface area contributed by atoms with Gasteiger partial charge in [-0.1, -0.05) is 30.3 Å². The molecule has 0 saturated heterocycles. The van der Waals surface area contributed by atoms with Gasteiger partial charge in [-0.2, -0.15) is 22.3 Å². The van der Waals surface area contributed by atoms with E-state index < -0.39 is 30.6 Å². The summed E-state index contributed by atoms with van der Waals surface area (Å²) in [6.07, 6.45) is 4.79. The summed E-state index contributed by atoms with van der Waals surface area (Å²) in [6.45, 7) is -3.75. The quantitative estimate of drug-likeness (QED) is 0.127. The molecule has 0 fully saturated rings. The summed E-state index contributed by atoms with van der Waals surface area (Å²) in [4.78, 5) is 6.69. The highest BCUT2D eigenvalue weighted by Crippen LogP contribution is 2.37. The van der Waals surface area contributed by atoms with Gasteiger partial charge >= 0.3 is 13.2 Å². The van der Waals surface area contributed by atoms with E-state index in [4.69, 9.17) is 0 Å². The molecular formula is C28H25F4N3O3. The van der Waals surface area contributed by atoms with Crippen LogP contribution in [0.15, 0.2) is 91.4 Å². The van der Waals surface area contributed by atoms with E-state index in [1.54, 1.807) is 18.3 Å². The van der Waals surface area contributed by atoms with Crippen molar-refractivity contribution in [3.8, 4) is 11.5 Å². The molecule has 0 N–H and O–H groups in total. The Labute approximate surface area is 217 Å². The first kappa shape index (κ1) is 26.7. The van der Waals surface area contributed by atoms with Crippen LogP contribution in [0.25, 0.3) is 0 Å². The molecule has 0 aliphatic carbocycles. The van der Waals surface area contributed by atoms with E-state index in [1.807, 2.05) is 54.3 Å². The van der Waals surface area contributed by atoms with E-state index in [0.717, 1.165) is 22.6 Å². The summed E-state index contributed by atoms with van der Waals surface area (Å²) >= 11 is 0. The van der Waals surface area contributed by atoms with Crippen molar-refractivity contribution >= 4 is 11.5 Å². The number of ether oxygens (including phenoxy) is 2. The summed E-state index contributed by atoms with van der Waals surface area (Å²) in [6, 6.07) is 20.8. The van der Waals surface area contributed by atoms with Gasteiger partial charge in [0.05, 0.1) is 0 Å². The van der Waals surface area contributed by atoms with E-state index in [-0.39, 0.29) is 0 Å². The highest BCUT2D eigenvalue weighted by molar-refractivity contribution is 5.60. The minimum absolute atomic E-state index is 0.376. The van der Waals surface area contributed by atoms with Crippen molar-refractivity contribution in [2.75, 3.05) is 11.4 Å². The second-order valence-corrected chi connectivity index (χ2v) is 8.32. The van der Waals surface area contributed by atoms with Crippen LogP contribution in [0.3, 0.4) is 0 Å². The van der Waals surface area contributed by atoms with Crippen LogP contribution >= 0.6 is 0 Å². The zero-order chi connectivity index (χ0) is 27.1. The van der Waals surface area contributed by atoms with Gasteiger partial charge < -0.3 is 19.6 Å². The lowest BCUT2D eigenvalue weighted by Crippen LogP contribution is -2.24. The molecule has 0 aliphatic rings. The van der Waals surface area contributed by atoms with Crippen LogP contribution in [0.5, 0.6) is 11.5 Å². The fourth-order valence-corrected chi connectivity index (χ4v) is 4.21. The third-order valence-corrected chi connectivity index (χ3v) is 5.95. The second kappa shape index (κ2) is 12.3. The van der Waals surface area contributed by atoms with E-state index in [2.05, 4.69) is 14.5 Å². The van der Waals surface area contributed by atoms with E-state index in [1.165, 1.54) is 30.6 Å². The Balaban J connectivity index is 1.72. The monoisotopic (exact) mass is 527 g/mol. The maximum Gasteiger partial charge on any atom is 0.387 e. The smallest absolute Gasteiger partial charge is 0.387 e. The molecule has 4 aromatic rings. The van der Waals surface area contributed by atoms with Gasteiger partial charge in [0.25, 0.3) is 0 Å². The Kier molecular flexibility index (Phi) is 8.62. The van der Waals surface area contributed by atoms with Crippen molar-refractivity contribution in [3.63, 3.8) is 0 Å². The number of alkyl halides is 4. The molecule has 6 nitrogen and oxygen atoms in total. The predicted octanol–water partition coefficient (Wildman–Crippen LogP) is 6.45. The maximum absolute atomic E-state index is 13.1. The average molecular weight is 528 g/mol. The SMILES string of the molecule is CCN(c1ccccc1)c1ccc(C(Cc2cc[n+]([O-])cc2)c2ccc(OC(F)F)c(OC(F)F)c2)cn1. The Bertz CT molecular complexity index is 1310. The van der Waals surface area contributed by atoms with Gasteiger partial charge in [0.2, 0.25) is 0 Å². The molecule has 0 bridgehead atoms. The Morgan fingerprint density at radius 1 is 0.842 bits per heavy atom. The molecular weight excluding hydrogens is 502 g/mol. The lowest BCUT2D eigenvalue weighted by molar-refractivity contribution is -0.605. The number of para-hydroxylation sites is 1. The summed E-state index contributed by atoms with van der Waals surface area (Å²) in [5, 5.41) is 11.5. The van der Waals surface area contributed by atoms with Crippen molar-refractivity contribution < 1.29 is 31.8 Å². The highest BCUT2D eigenvalue weighted by atomic mass is 19.3. The standard InChI is InChI=1S/C28H25F4N3O3/c1-2-35(22-6-4-3-5-7-22)26-11-9-21(18-33-26)23(16-19-12-14-34(36)15-13-19)20-8-10-24(37-27(29)30)25(17-20)38-28(31)32/h3-15,17-18,23,27-28H,2,16H2,1H3. The minimum atomic E-state index is -3.23. The first-order valence-corrected chi connectivity index (χ1v) is 11.8. The molecule has 2 aromatic heterocycles. The van der Waals surface area contributed by atoms with Crippen LogP contribution in [-0.4, -0.2) is 24.8 Å². The number of halogens is 4. The highest BCUT2D eigenvalue weighted by Gasteiger charge is 2.22. The summed E-state index contributed by atoms with van der Waals surface area (Å²) in [5.41, 5.74) is 3.05. The normalized spacial score (nSPS) is 12.0. The number of benzene rings is 2. The van der Waals surface area contributed by atoms with Crippen LogP contribution in [0.4, 0.5) is 29.1 Å². The Morgan fingerprint density at radius 2 is 1.50 bits per heavy atom. The molecule has 0 saturated carbocycles. The van der Waals surface area contributed by atoms with Gasteiger partial charge in [0.1, 0.15) is 5.82 Å². The van der Waals surface area contributed by atoms with Crippen LogP contribution in [0.1, 0.15) is 29.5 Å². The summed E-state index contributed by atoms with van der Waals surface area (Å²) in [5.74, 6) is -0.703. The molecule has 2 aromatic carbocycles. The average Bonchev–Trinajstić information content (AvgIpc) is 2.90. The maximum atomic E-state index is 13.1. The van der Waals surface area contributed by atoms with Crippen molar-refractivity contribution in [1.82, 2.24) is 4.98 Å². The number of anilines is 2. The number of rotatable bonds is 11. The molecule has 198 valence electrons.